The van der Waals surface area contributed by atoms with Gasteiger partial charge in [-0.15, -0.1) is 0 Å². The van der Waals surface area contributed by atoms with Crippen LogP contribution in [0.2, 0.25) is 0 Å². The van der Waals surface area contributed by atoms with Crippen molar-refractivity contribution in [3.05, 3.63) is 35.6 Å². The Morgan fingerprint density at radius 3 is 2.31 bits per heavy atom. The number of hydrogen-bond donors (Lipinski definition) is 0. The molecule has 5 nitrogen and oxygen atoms in total. The molecule has 2 heterocycles. The van der Waals surface area contributed by atoms with Crippen LogP contribution in [0.15, 0.2) is 24.3 Å². The number of rotatable bonds is 4. The van der Waals surface area contributed by atoms with Crippen LogP contribution in [0.4, 0.5) is 4.39 Å². The quantitative estimate of drug-likeness (QED) is 0.753. The summed E-state index contributed by atoms with van der Waals surface area (Å²) in [4.78, 5) is 32.3. The van der Waals surface area contributed by atoms with Gasteiger partial charge in [-0.25, -0.2) is 4.39 Å². The van der Waals surface area contributed by atoms with E-state index in [-0.39, 0.29) is 17.8 Å². The van der Waals surface area contributed by atoms with Crippen LogP contribution < -0.4 is 0 Å². The lowest BCUT2D eigenvalue weighted by Gasteiger charge is -2.43. The van der Waals surface area contributed by atoms with Crippen LogP contribution in [-0.4, -0.2) is 83.3 Å². The molecule has 158 valence electrons. The minimum Gasteiger partial charge on any atom is -0.340 e. The van der Waals surface area contributed by atoms with Gasteiger partial charge in [0.05, 0.1) is 6.04 Å². The van der Waals surface area contributed by atoms with Crippen LogP contribution in [0, 0.1) is 11.7 Å². The number of halogens is 1. The fourth-order valence-corrected chi connectivity index (χ4v) is 5.81. The Labute approximate surface area is 176 Å². The molecule has 29 heavy (non-hydrogen) atoms. The SMILES string of the molecule is O=C(c1cccc(F)c1)N1CCN([C@H](C(=O)N2CCSCC2)C2CCCC2)CC1. The maximum atomic E-state index is 13.5. The van der Waals surface area contributed by atoms with E-state index in [9.17, 15) is 14.0 Å². The number of nitrogens with zero attached hydrogens (tertiary/aromatic N) is 3. The van der Waals surface area contributed by atoms with Crippen LogP contribution in [0.3, 0.4) is 0 Å². The molecule has 4 rings (SSSR count). The molecule has 3 fully saturated rings. The fraction of sp³-hybridized carbons (Fsp3) is 0.636. The third kappa shape index (κ3) is 4.77. The summed E-state index contributed by atoms with van der Waals surface area (Å²) in [6.07, 6.45) is 4.67. The molecular formula is C22H30FN3O2S. The number of benzene rings is 1. The van der Waals surface area contributed by atoms with E-state index in [0.717, 1.165) is 37.4 Å². The van der Waals surface area contributed by atoms with Gasteiger partial charge in [0.15, 0.2) is 0 Å². The monoisotopic (exact) mass is 419 g/mol. The number of piperazine rings is 1. The molecule has 0 radical (unpaired) electrons. The summed E-state index contributed by atoms with van der Waals surface area (Å²) in [5, 5.41) is 0. The average molecular weight is 420 g/mol. The molecule has 3 aliphatic rings. The second-order valence-electron chi connectivity index (χ2n) is 8.27. The van der Waals surface area contributed by atoms with Gasteiger partial charge in [-0.05, 0) is 37.0 Å². The molecule has 0 aromatic heterocycles. The number of hydrogen-bond acceptors (Lipinski definition) is 4. The first-order valence-corrected chi connectivity index (χ1v) is 11.9. The van der Waals surface area contributed by atoms with Crippen molar-refractivity contribution in [3.8, 4) is 0 Å². The number of thioether (sulfide) groups is 1. The molecule has 2 amide bonds. The van der Waals surface area contributed by atoms with Gasteiger partial charge in [-0.2, -0.15) is 11.8 Å². The topological polar surface area (TPSA) is 43.9 Å². The van der Waals surface area contributed by atoms with Crippen molar-refractivity contribution >= 4 is 23.6 Å². The van der Waals surface area contributed by atoms with E-state index in [4.69, 9.17) is 0 Å². The minimum atomic E-state index is -0.388. The highest BCUT2D eigenvalue weighted by Crippen LogP contribution is 2.32. The first-order valence-electron chi connectivity index (χ1n) is 10.8. The minimum absolute atomic E-state index is 0.0491. The molecule has 1 aromatic carbocycles. The van der Waals surface area contributed by atoms with Crippen LogP contribution in [-0.2, 0) is 4.79 Å². The standard InChI is InChI=1S/C22H30FN3O2S/c23-19-7-3-6-18(16-19)21(27)25-10-8-24(9-11-25)20(17-4-1-2-5-17)22(28)26-12-14-29-15-13-26/h3,6-7,16-17,20H,1-2,4-5,8-15H2/t20-/m0/s1. The zero-order valence-electron chi connectivity index (χ0n) is 16.9. The predicted molar refractivity (Wildman–Crippen MR) is 114 cm³/mol. The van der Waals surface area contributed by atoms with E-state index in [2.05, 4.69) is 9.80 Å². The molecule has 2 saturated heterocycles. The van der Waals surface area contributed by atoms with Crippen LogP contribution in [0.5, 0.6) is 0 Å². The molecule has 0 N–H and O–H groups in total. The van der Waals surface area contributed by atoms with Crippen molar-refractivity contribution in [3.63, 3.8) is 0 Å². The zero-order chi connectivity index (χ0) is 20.2. The molecule has 0 bridgehead atoms. The summed E-state index contributed by atoms with van der Waals surface area (Å²) in [6.45, 7) is 4.28. The van der Waals surface area contributed by atoms with Gasteiger partial charge in [0.2, 0.25) is 5.91 Å². The van der Waals surface area contributed by atoms with Gasteiger partial charge in [0.1, 0.15) is 5.82 Å². The van der Waals surface area contributed by atoms with E-state index in [1.807, 2.05) is 11.8 Å². The first-order chi connectivity index (χ1) is 14.1. The summed E-state index contributed by atoms with van der Waals surface area (Å²) in [7, 11) is 0. The van der Waals surface area contributed by atoms with Gasteiger partial charge < -0.3 is 9.80 Å². The molecule has 1 aliphatic carbocycles. The Morgan fingerprint density at radius 1 is 0.966 bits per heavy atom. The van der Waals surface area contributed by atoms with Gasteiger partial charge in [0, 0.05) is 56.3 Å². The summed E-state index contributed by atoms with van der Waals surface area (Å²) in [5.41, 5.74) is 0.396. The van der Waals surface area contributed by atoms with Crippen molar-refractivity contribution < 1.29 is 14.0 Å². The van der Waals surface area contributed by atoms with E-state index >= 15 is 0 Å². The van der Waals surface area contributed by atoms with E-state index in [0.29, 0.717) is 43.6 Å². The Morgan fingerprint density at radius 2 is 1.66 bits per heavy atom. The van der Waals surface area contributed by atoms with Crippen molar-refractivity contribution in [2.24, 2.45) is 5.92 Å². The van der Waals surface area contributed by atoms with Crippen molar-refractivity contribution in [1.29, 1.82) is 0 Å². The molecule has 1 saturated carbocycles. The van der Waals surface area contributed by atoms with Crippen molar-refractivity contribution in [1.82, 2.24) is 14.7 Å². The molecule has 0 spiro atoms. The van der Waals surface area contributed by atoms with Gasteiger partial charge >= 0.3 is 0 Å². The van der Waals surface area contributed by atoms with E-state index in [1.54, 1.807) is 17.0 Å². The van der Waals surface area contributed by atoms with Gasteiger partial charge in [-0.3, -0.25) is 14.5 Å². The van der Waals surface area contributed by atoms with Gasteiger partial charge in [-0.1, -0.05) is 18.9 Å². The number of amides is 2. The smallest absolute Gasteiger partial charge is 0.254 e. The fourth-order valence-electron chi connectivity index (χ4n) is 4.91. The highest BCUT2D eigenvalue weighted by Gasteiger charge is 2.39. The molecule has 1 atom stereocenters. The third-order valence-electron chi connectivity index (χ3n) is 6.49. The Balaban J connectivity index is 1.42. The van der Waals surface area contributed by atoms with Gasteiger partial charge in [0.25, 0.3) is 5.91 Å². The van der Waals surface area contributed by atoms with Crippen LogP contribution in [0.1, 0.15) is 36.0 Å². The third-order valence-corrected chi connectivity index (χ3v) is 7.43. The average Bonchev–Trinajstić information content (AvgIpc) is 3.29. The lowest BCUT2D eigenvalue weighted by molar-refractivity contribution is -0.139. The largest absolute Gasteiger partial charge is 0.340 e. The summed E-state index contributed by atoms with van der Waals surface area (Å²) < 4.78 is 13.5. The summed E-state index contributed by atoms with van der Waals surface area (Å²) >= 11 is 1.92. The second kappa shape index (κ2) is 9.47. The zero-order valence-corrected chi connectivity index (χ0v) is 17.7. The lowest BCUT2D eigenvalue weighted by atomic mass is 9.94. The highest BCUT2D eigenvalue weighted by molar-refractivity contribution is 7.99. The highest BCUT2D eigenvalue weighted by atomic mass is 32.2. The van der Waals surface area contributed by atoms with Crippen LogP contribution in [0.25, 0.3) is 0 Å². The summed E-state index contributed by atoms with van der Waals surface area (Å²) in [5.74, 6) is 2.27. The molecular weight excluding hydrogens is 389 g/mol. The Kier molecular flexibility index (Phi) is 6.75. The Hall–Kier alpha value is -1.60. The van der Waals surface area contributed by atoms with Crippen LogP contribution >= 0.6 is 11.8 Å². The molecule has 0 unspecified atom stereocenters. The Bertz CT molecular complexity index is 727. The molecule has 1 aromatic rings. The van der Waals surface area contributed by atoms with E-state index in [1.165, 1.54) is 25.0 Å². The molecule has 2 aliphatic heterocycles. The maximum absolute atomic E-state index is 13.5. The normalized spacial score (nSPS) is 22.7. The summed E-state index contributed by atoms with van der Waals surface area (Å²) in [6, 6.07) is 5.84. The molecule has 7 heteroatoms. The number of carbonyl (C=O) groups is 2. The van der Waals surface area contributed by atoms with Crippen molar-refractivity contribution in [2.45, 2.75) is 31.7 Å². The lowest BCUT2D eigenvalue weighted by Crippen LogP contribution is -2.59. The number of carbonyl (C=O) groups excluding carboxylic acids is 2. The van der Waals surface area contributed by atoms with E-state index < -0.39 is 0 Å². The predicted octanol–water partition coefficient (Wildman–Crippen LogP) is 2.72. The second-order valence-corrected chi connectivity index (χ2v) is 9.49. The van der Waals surface area contributed by atoms with Crippen molar-refractivity contribution in [2.75, 3.05) is 50.8 Å². The first kappa shape index (κ1) is 20.7. The maximum Gasteiger partial charge on any atom is 0.254 e.